The van der Waals surface area contributed by atoms with Gasteiger partial charge in [-0.15, -0.1) is 0 Å². The lowest BCUT2D eigenvalue weighted by Gasteiger charge is -2.35. The molecule has 0 aromatic carbocycles. The molecular formula is C13H18N2O3S. The predicted molar refractivity (Wildman–Crippen MR) is 71.5 cm³/mol. The van der Waals surface area contributed by atoms with Gasteiger partial charge in [-0.2, -0.15) is 0 Å². The molecule has 3 rings (SSSR count). The van der Waals surface area contributed by atoms with E-state index in [4.69, 9.17) is 26.4 Å². The van der Waals surface area contributed by atoms with E-state index in [1.807, 2.05) is 0 Å². The molecule has 6 heteroatoms. The summed E-state index contributed by atoms with van der Waals surface area (Å²) in [5.74, 6) is 0.837. The quantitative estimate of drug-likeness (QED) is 0.839. The van der Waals surface area contributed by atoms with Gasteiger partial charge in [-0.1, -0.05) is 12.2 Å². The van der Waals surface area contributed by atoms with Crippen molar-refractivity contribution in [3.05, 3.63) is 21.7 Å². The molecule has 0 aliphatic carbocycles. The van der Waals surface area contributed by atoms with Crippen LogP contribution < -0.4 is 0 Å². The number of H-pyrrole nitrogens is 1. The second-order valence-electron chi connectivity index (χ2n) is 4.96. The molecular weight excluding hydrogens is 264 g/mol. The van der Waals surface area contributed by atoms with Crippen molar-refractivity contribution in [3.8, 4) is 0 Å². The standard InChI is InChI=1S/C13H18N2O3S/c1-16-13(3-6-17-7-4-13)12-14-10-2-5-18-8-9(10)11(19)15-12/h2-8H2,1H3,(H,14,15,19). The van der Waals surface area contributed by atoms with Crippen LogP contribution in [0.3, 0.4) is 0 Å². The fourth-order valence-electron chi connectivity index (χ4n) is 2.71. The van der Waals surface area contributed by atoms with Crippen LogP contribution >= 0.6 is 12.2 Å². The number of rotatable bonds is 2. The Balaban J connectivity index is 2.04. The van der Waals surface area contributed by atoms with Crippen molar-refractivity contribution in [1.82, 2.24) is 9.97 Å². The Morgan fingerprint density at radius 2 is 2.05 bits per heavy atom. The van der Waals surface area contributed by atoms with E-state index in [0.29, 0.717) is 24.5 Å². The molecule has 1 aromatic heterocycles. The van der Waals surface area contributed by atoms with Gasteiger partial charge in [-0.05, 0) is 0 Å². The molecule has 0 radical (unpaired) electrons. The Morgan fingerprint density at radius 3 is 2.79 bits per heavy atom. The van der Waals surface area contributed by atoms with Gasteiger partial charge >= 0.3 is 0 Å². The van der Waals surface area contributed by atoms with Crippen LogP contribution in [-0.2, 0) is 32.8 Å². The normalized spacial score (nSPS) is 21.9. The summed E-state index contributed by atoms with van der Waals surface area (Å²) in [6.45, 7) is 2.67. The Kier molecular flexibility index (Phi) is 3.66. The van der Waals surface area contributed by atoms with E-state index >= 15 is 0 Å². The zero-order chi connectivity index (χ0) is 13.3. The summed E-state index contributed by atoms with van der Waals surface area (Å²) < 4.78 is 17.2. The Morgan fingerprint density at radius 1 is 1.26 bits per heavy atom. The Bertz CT molecular complexity index is 523. The number of aromatic nitrogens is 2. The largest absolute Gasteiger partial charge is 0.381 e. The van der Waals surface area contributed by atoms with E-state index in [0.717, 1.165) is 43.0 Å². The van der Waals surface area contributed by atoms with Gasteiger partial charge in [0.05, 0.1) is 13.2 Å². The maximum absolute atomic E-state index is 5.76. The Hall–Kier alpha value is -0.820. The van der Waals surface area contributed by atoms with E-state index < -0.39 is 0 Å². The van der Waals surface area contributed by atoms with Crippen molar-refractivity contribution >= 4 is 12.2 Å². The number of methoxy groups -OCH3 is 1. The van der Waals surface area contributed by atoms with Crippen LogP contribution in [0.5, 0.6) is 0 Å². The average molecular weight is 282 g/mol. The third kappa shape index (κ3) is 2.33. The maximum atomic E-state index is 5.76. The summed E-state index contributed by atoms with van der Waals surface area (Å²) in [5, 5.41) is 0. The van der Waals surface area contributed by atoms with Crippen LogP contribution in [0, 0.1) is 4.64 Å². The molecule has 0 bridgehead atoms. The van der Waals surface area contributed by atoms with Crippen LogP contribution in [0.2, 0.25) is 0 Å². The highest BCUT2D eigenvalue weighted by Crippen LogP contribution is 2.34. The van der Waals surface area contributed by atoms with Gasteiger partial charge in [-0.3, -0.25) is 0 Å². The van der Waals surface area contributed by atoms with Crippen molar-refractivity contribution in [2.75, 3.05) is 26.9 Å². The molecule has 19 heavy (non-hydrogen) atoms. The lowest BCUT2D eigenvalue weighted by Crippen LogP contribution is -2.38. The third-order valence-electron chi connectivity index (χ3n) is 3.97. The molecule has 2 aliphatic heterocycles. The molecule has 5 nitrogen and oxygen atoms in total. The molecule has 1 aromatic rings. The van der Waals surface area contributed by atoms with Crippen molar-refractivity contribution in [3.63, 3.8) is 0 Å². The van der Waals surface area contributed by atoms with Crippen LogP contribution in [-0.4, -0.2) is 36.9 Å². The van der Waals surface area contributed by atoms with Crippen LogP contribution in [0.15, 0.2) is 0 Å². The minimum Gasteiger partial charge on any atom is -0.381 e. The molecule has 0 spiro atoms. The highest BCUT2D eigenvalue weighted by molar-refractivity contribution is 7.71. The van der Waals surface area contributed by atoms with Gasteiger partial charge in [0.1, 0.15) is 16.1 Å². The number of aromatic amines is 1. The first-order chi connectivity index (χ1) is 9.25. The van der Waals surface area contributed by atoms with Gasteiger partial charge in [0.2, 0.25) is 0 Å². The van der Waals surface area contributed by atoms with Crippen LogP contribution in [0.1, 0.15) is 29.9 Å². The summed E-state index contributed by atoms with van der Waals surface area (Å²) in [6, 6.07) is 0. The number of fused-ring (bicyclic) bond motifs is 1. The molecule has 0 unspecified atom stereocenters. The van der Waals surface area contributed by atoms with Crippen molar-refractivity contribution in [2.24, 2.45) is 0 Å². The fourth-order valence-corrected chi connectivity index (χ4v) is 2.98. The lowest BCUT2D eigenvalue weighted by molar-refractivity contribution is -0.100. The maximum Gasteiger partial charge on any atom is 0.140 e. The third-order valence-corrected chi connectivity index (χ3v) is 4.31. The minimum atomic E-state index is -0.390. The molecule has 1 saturated heterocycles. The predicted octanol–water partition coefficient (Wildman–Crippen LogP) is 1.86. The molecule has 0 saturated carbocycles. The van der Waals surface area contributed by atoms with Gasteiger partial charge in [0.25, 0.3) is 0 Å². The first-order valence-corrected chi connectivity index (χ1v) is 6.99. The van der Waals surface area contributed by atoms with E-state index in [2.05, 4.69) is 9.97 Å². The number of ether oxygens (including phenoxy) is 3. The molecule has 3 heterocycles. The summed E-state index contributed by atoms with van der Waals surface area (Å²) in [4.78, 5) is 7.98. The number of nitrogens with one attached hydrogen (secondary N) is 1. The number of hydrogen-bond acceptors (Lipinski definition) is 5. The van der Waals surface area contributed by atoms with Gasteiger partial charge < -0.3 is 19.2 Å². The minimum absolute atomic E-state index is 0.390. The average Bonchev–Trinajstić information content (AvgIpc) is 2.48. The monoisotopic (exact) mass is 282 g/mol. The van der Waals surface area contributed by atoms with Crippen LogP contribution in [0.4, 0.5) is 0 Å². The number of nitrogens with zero attached hydrogens (tertiary/aromatic N) is 1. The summed E-state index contributed by atoms with van der Waals surface area (Å²) in [5.41, 5.74) is 1.77. The smallest absolute Gasteiger partial charge is 0.140 e. The first kappa shape index (κ1) is 13.2. The van der Waals surface area contributed by atoms with Crippen molar-refractivity contribution in [1.29, 1.82) is 0 Å². The molecule has 2 aliphatic rings. The summed E-state index contributed by atoms with van der Waals surface area (Å²) >= 11 is 5.40. The van der Waals surface area contributed by atoms with Gasteiger partial charge in [-0.25, -0.2) is 4.98 Å². The van der Waals surface area contributed by atoms with E-state index in [1.54, 1.807) is 7.11 Å². The van der Waals surface area contributed by atoms with E-state index in [1.165, 1.54) is 0 Å². The number of hydrogen-bond donors (Lipinski definition) is 1. The van der Waals surface area contributed by atoms with Gasteiger partial charge in [0, 0.05) is 50.8 Å². The highest BCUT2D eigenvalue weighted by atomic mass is 32.1. The molecule has 1 fully saturated rings. The summed E-state index contributed by atoms with van der Waals surface area (Å²) in [7, 11) is 1.73. The fraction of sp³-hybridized carbons (Fsp3) is 0.692. The molecule has 1 N–H and O–H groups in total. The van der Waals surface area contributed by atoms with Crippen molar-refractivity contribution < 1.29 is 14.2 Å². The topological polar surface area (TPSA) is 56.4 Å². The second-order valence-corrected chi connectivity index (χ2v) is 5.35. The molecule has 0 amide bonds. The van der Waals surface area contributed by atoms with Crippen molar-refractivity contribution in [2.45, 2.75) is 31.5 Å². The zero-order valence-electron chi connectivity index (χ0n) is 11.0. The summed E-state index contributed by atoms with van der Waals surface area (Å²) in [6.07, 6.45) is 2.46. The SMILES string of the molecule is COC1(c2nc(=S)c3c([nH]2)CCOC3)CCOCC1. The molecule has 104 valence electrons. The highest BCUT2D eigenvalue weighted by Gasteiger charge is 2.37. The van der Waals surface area contributed by atoms with Crippen LogP contribution in [0.25, 0.3) is 0 Å². The molecule has 0 atom stereocenters. The van der Waals surface area contributed by atoms with Gasteiger partial charge in [0.15, 0.2) is 0 Å². The Labute approximate surface area is 117 Å². The second kappa shape index (κ2) is 5.28. The zero-order valence-corrected chi connectivity index (χ0v) is 11.8. The van der Waals surface area contributed by atoms with E-state index in [-0.39, 0.29) is 5.60 Å². The first-order valence-electron chi connectivity index (χ1n) is 6.58. The lowest BCUT2D eigenvalue weighted by atomic mass is 9.92. The van der Waals surface area contributed by atoms with E-state index in [9.17, 15) is 0 Å².